The highest BCUT2D eigenvalue weighted by Gasteiger charge is 2.36. The number of pyridine rings is 1. The molecule has 3 aromatic heterocycles. The van der Waals surface area contributed by atoms with Gasteiger partial charge in [0.2, 0.25) is 0 Å². The predicted octanol–water partition coefficient (Wildman–Crippen LogP) is 2.02. The summed E-state index contributed by atoms with van der Waals surface area (Å²) in [6.07, 6.45) is -3.38. The molecule has 0 aliphatic rings. The van der Waals surface area contributed by atoms with E-state index in [0.29, 0.717) is 11.7 Å². The average Bonchev–Trinajstić information content (AvgIpc) is 3.05. The highest BCUT2D eigenvalue weighted by molar-refractivity contribution is 7.99. The Kier molecular flexibility index (Phi) is 5.65. The van der Waals surface area contributed by atoms with Gasteiger partial charge in [0.1, 0.15) is 0 Å². The molecule has 0 fully saturated rings. The normalized spacial score (nSPS) is 13.2. The van der Waals surface area contributed by atoms with E-state index in [0.717, 1.165) is 16.4 Å². The van der Waals surface area contributed by atoms with Crippen LogP contribution < -0.4 is 16.9 Å². The van der Waals surface area contributed by atoms with Gasteiger partial charge in [-0.1, -0.05) is 17.7 Å². The Bertz CT molecular complexity index is 1510. The molecule has 0 bridgehead atoms. The van der Waals surface area contributed by atoms with Crippen LogP contribution in [-0.4, -0.2) is 41.6 Å². The Hall–Kier alpha value is -3.03. The van der Waals surface area contributed by atoms with E-state index >= 15 is 0 Å². The number of halogens is 4. The second-order valence-corrected chi connectivity index (χ2v) is 8.11. The lowest BCUT2D eigenvalue weighted by Gasteiger charge is -2.17. The number of hydrogen-bond acceptors (Lipinski definition) is 6. The Morgan fingerprint density at radius 3 is 2.62 bits per heavy atom. The van der Waals surface area contributed by atoms with E-state index in [-0.39, 0.29) is 16.2 Å². The fourth-order valence-electron chi connectivity index (χ4n) is 3.15. The molecule has 4 aromatic rings. The van der Waals surface area contributed by atoms with Crippen LogP contribution >= 0.6 is 23.4 Å². The lowest BCUT2D eigenvalue weighted by molar-refractivity contribution is -0.137. The first-order valence-corrected chi connectivity index (χ1v) is 10.3. The number of aliphatic hydroxyl groups is 1. The molecule has 0 amide bonds. The first-order valence-electron chi connectivity index (χ1n) is 8.97. The SMILES string of the molecule is O=c1[nH]c(=O)c2cc(C(F)(F)F)c(Cl)c(SC[C@H](CO)n3nc4ccccn4c3=O)c2[nH]1. The van der Waals surface area contributed by atoms with Gasteiger partial charge in [-0.15, -0.1) is 16.9 Å². The number of aromatic nitrogens is 5. The van der Waals surface area contributed by atoms with Crippen LogP contribution in [0.25, 0.3) is 16.6 Å². The molecule has 1 atom stereocenters. The van der Waals surface area contributed by atoms with Gasteiger partial charge in [0.15, 0.2) is 5.65 Å². The van der Waals surface area contributed by atoms with Crippen molar-refractivity contribution < 1.29 is 18.3 Å². The summed E-state index contributed by atoms with van der Waals surface area (Å²) in [4.78, 5) is 40.4. The van der Waals surface area contributed by atoms with Gasteiger partial charge in [0.05, 0.1) is 39.0 Å². The molecule has 1 aromatic carbocycles. The molecule has 0 aliphatic carbocycles. The van der Waals surface area contributed by atoms with Crippen molar-refractivity contribution in [2.45, 2.75) is 17.1 Å². The smallest absolute Gasteiger partial charge is 0.394 e. The number of rotatable bonds is 5. The number of H-pyrrole nitrogens is 2. The Balaban J connectivity index is 1.81. The van der Waals surface area contributed by atoms with E-state index in [4.69, 9.17) is 11.6 Å². The Morgan fingerprint density at radius 2 is 1.97 bits per heavy atom. The number of fused-ring (bicyclic) bond motifs is 2. The molecule has 9 nitrogen and oxygen atoms in total. The van der Waals surface area contributed by atoms with Gasteiger partial charge in [-0.2, -0.15) is 13.2 Å². The van der Waals surface area contributed by atoms with Gasteiger partial charge in [-0.3, -0.25) is 14.2 Å². The van der Waals surface area contributed by atoms with E-state index in [2.05, 4.69) is 10.1 Å². The second kappa shape index (κ2) is 8.15. The van der Waals surface area contributed by atoms with Crippen LogP contribution in [0, 0.1) is 0 Å². The number of nitrogens with zero attached hydrogens (tertiary/aromatic N) is 3. The van der Waals surface area contributed by atoms with E-state index in [1.165, 1.54) is 10.6 Å². The first kappa shape index (κ1) is 22.2. The minimum Gasteiger partial charge on any atom is -0.394 e. The molecule has 4 rings (SSSR count). The van der Waals surface area contributed by atoms with E-state index < -0.39 is 51.7 Å². The number of aliphatic hydroxyl groups excluding tert-OH is 1. The van der Waals surface area contributed by atoms with Gasteiger partial charge in [-0.05, 0) is 18.2 Å². The summed E-state index contributed by atoms with van der Waals surface area (Å²) >= 11 is 6.77. The Morgan fingerprint density at radius 1 is 1.22 bits per heavy atom. The van der Waals surface area contributed by atoms with Gasteiger partial charge in [0, 0.05) is 11.9 Å². The largest absolute Gasteiger partial charge is 0.417 e. The van der Waals surface area contributed by atoms with Crippen LogP contribution in [0.5, 0.6) is 0 Å². The molecule has 14 heteroatoms. The number of alkyl halides is 3. The van der Waals surface area contributed by atoms with Crippen molar-refractivity contribution in [3.63, 3.8) is 0 Å². The standard InChI is InChI=1S/C18H13ClF3N5O4S/c19-12-10(18(20,21)22)5-9-13(23-16(30)24-15(9)29)14(12)32-7-8(6-28)27-17(31)26-4-2-1-3-11(26)25-27/h1-5,8,28H,6-7H2,(H2,23,24,29,30)/t8-/m0/s1. The van der Waals surface area contributed by atoms with E-state index in [1.54, 1.807) is 18.2 Å². The molecule has 0 saturated carbocycles. The summed E-state index contributed by atoms with van der Waals surface area (Å²) in [6, 6.07) is 4.49. The minimum absolute atomic E-state index is 0.134. The average molecular weight is 488 g/mol. The molecule has 32 heavy (non-hydrogen) atoms. The molecule has 0 aliphatic heterocycles. The number of benzene rings is 1. The number of nitrogens with one attached hydrogen (secondary N) is 2. The molecule has 3 heterocycles. The third kappa shape index (κ3) is 3.82. The van der Waals surface area contributed by atoms with Gasteiger partial charge >= 0.3 is 17.6 Å². The zero-order valence-corrected chi connectivity index (χ0v) is 17.4. The van der Waals surface area contributed by atoms with Crippen LogP contribution in [0.3, 0.4) is 0 Å². The highest BCUT2D eigenvalue weighted by Crippen LogP contribution is 2.43. The van der Waals surface area contributed by atoms with Crippen LogP contribution in [0.4, 0.5) is 13.2 Å². The zero-order chi connectivity index (χ0) is 23.2. The van der Waals surface area contributed by atoms with E-state index in [1.807, 2.05) is 4.98 Å². The van der Waals surface area contributed by atoms with Crippen molar-refractivity contribution in [2.75, 3.05) is 12.4 Å². The van der Waals surface area contributed by atoms with Gasteiger partial charge in [0.25, 0.3) is 5.56 Å². The van der Waals surface area contributed by atoms with Crippen molar-refractivity contribution in [1.29, 1.82) is 0 Å². The summed E-state index contributed by atoms with van der Waals surface area (Å²) in [7, 11) is 0. The number of thioether (sulfide) groups is 1. The molecule has 0 radical (unpaired) electrons. The molecule has 0 unspecified atom stereocenters. The van der Waals surface area contributed by atoms with Crippen LogP contribution in [0.2, 0.25) is 5.02 Å². The fraction of sp³-hybridized carbons (Fsp3) is 0.222. The summed E-state index contributed by atoms with van der Waals surface area (Å²) < 4.78 is 42.7. The summed E-state index contributed by atoms with van der Waals surface area (Å²) in [6.45, 7) is -0.553. The Labute approximate surface area is 184 Å². The molecule has 0 saturated heterocycles. The topological polar surface area (TPSA) is 125 Å². The van der Waals surface area contributed by atoms with Crippen molar-refractivity contribution in [2.24, 2.45) is 0 Å². The number of hydrogen-bond donors (Lipinski definition) is 3. The predicted molar refractivity (Wildman–Crippen MR) is 112 cm³/mol. The summed E-state index contributed by atoms with van der Waals surface area (Å²) in [5.74, 6) is -0.134. The summed E-state index contributed by atoms with van der Waals surface area (Å²) in [5.41, 5.74) is -3.60. The first-order chi connectivity index (χ1) is 15.1. The van der Waals surface area contributed by atoms with Crippen molar-refractivity contribution >= 4 is 39.9 Å². The molecular weight excluding hydrogens is 475 g/mol. The zero-order valence-electron chi connectivity index (χ0n) is 15.8. The molecular formula is C18H13ClF3N5O4S. The van der Waals surface area contributed by atoms with Crippen LogP contribution in [0.15, 0.2) is 49.7 Å². The van der Waals surface area contributed by atoms with Crippen molar-refractivity contribution in [3.05, 3.63) is 72.4 Å². The van der Waals surface area contributed by atoms with Crippen molar-refractivity contribution in [3.8, 4) is 0 Å². The molecule has 0 spiro atoms. The lowest BCUT2D eigenvalue weighted by Crippen LogP contribution is -2.29. The summed E-state index contributed by atoms with van der Waals surface area (Å²) in [5, 5.41) is 12.8. The maximum atomic E-state index is 13.5. The third-order valence-corrected chi connectivity index (χ3v) is 6.42. The maximum absolute atomic E-state index is 13.5. The van der Waals surface area contributed by atoms with Crippen molar-refractivity contribution in [1.82, 2.24) is 24.1 Å². The van der Waals surface area contributed by atoms with Gasteiger partial charge < -0.3 is 10.1 Å². The minimum atomic E-state index is -4.86. The second-order valence-electron chi connectivity index (χ2n) is 6.70. The molecule has 3 N–H and O–H groups in total. The monoisotopic (exact) mass is 487 g/mol. The maximum Gasteiger partial charge on any atom is 0.417 e. The third-order valence-electron chi connectivity index (χ3n) is 4.66. The lowest BCUT2D eigenvalue weighted by atomic mass is 10.1. The van der Waals surface area contributed by atoms with Crippen LogP contribution in [-0.2, 0) is 6.18 Å². The van der Waals surface area contributed by atoms with Crippen LogP contribution in [0.1, 0.15) is 11.6 Å². The van der Waals surface area contributed by atoms with Gasteiger partial charge in [-0.25, -0.2) is 14.3 Å². The fourth-order valence-corrected chi connectivity index (χ4v) is 4.72. The highest BCUT2D eigenvalue weighted by atomic mass is 35.5. The number of aromatic amines is 2. The van der Waals surface area contributed by atoms with E-state index in [9.17, 15) is 32.7 Å². The molecule has 168 valence electrons. The quantitative estimate of drug-likeness (QED) is 0.370.